The molecule has 1 saturated carbocycles. The number of carboxylic acid groups (broad SMARTS) is 1. The highest BCUT2D eigenvalue weighted by atomic mass is 35.5. The van der Waals surface area contributed by atoms with E-state index in [0.717, 1.165) is 10.3 Å². The summed E-state index contributed by atoms with van der Waals surface area (Å²) in [6, 6.07) is 3.25. The summed E-state index contributed by atoms with van der Waals surface area (Å²) in [7, 11) is 0. The van der Waals surface area contributed by atoms with Crippen molar-refractivity contribution in [3.05, 3.63) is 57.4 Å². The fraction of sp³-hybridized carbons (Fsp3) is 0.533. The van der Waals surface area contributed by atoms with Gasteiger partial charge >= 0.3 is 12.1 Å². The van der Waals surface area contributed by atoms with Crippen molar-refractivity contribution in [2.45, 2.75) is 75.2 Å². The highest BCUT2D eigenvalue weighted by molar-refractivity contribution is 6.34. The summed E-state index contributed by atoms with van der Waals surface area (Å²) in [5.41, 5.74) is -0.361. The molecule has 4 aliphatic rings. The molecule has 1 aromatic heterocycles. The Balaban J connectivity index is 1.40. The number of amides is 1. The zero-order chi connectivity index (χ0) is 30.7. The van der Waals surface area contributed by atoms with Gasteiger partial charge in [0.1, 0.15) is 6.17 Å². The van der Waals surface area contributed by atoms with Gasteiger partial charge in [0.25, 0.3) is 5.91 Å². The van der Waals surface area contributed by atoms with Crippen LogP contribution in [0.5, 0.6) is 0 Å². The number of carbonyl (C=O) groups excluding carboxylic acids is 2. The van der Waals surface area contributed by atoms with Crippen LogP contribution in [0.25, 0.3) is 5.57 Å². The molecule has 0 radical (unpaired) electrons. The number of carbonyl (C=O) groups is 3. The Morgan fingerprint density at radius 3 is 2.47 bits per heavy atom. The number of fused-ring (bicyclic) bond motifs is 1. The zero-order valence-electron chi connectivity index (χ0n) is 23.1. The summed E-state index contributed by atoms with van der Waals surface area (Å²) in [5.74, 6) is -3.31. The Hall–Kier alpha value is -3.25. The van der Waals surface area contributed by atoms with Crippen LogP contribution in [0.4, 0.5) is 17.6 Å². The monoisotopic (exact) mass is 623 g/mol. The van der Waals surface area contributed by atoms with Crippen LogP contribution in [-0.2, 0) is 32.6 Å². The number of halogens is 5. The number of alkyl halides is 4. The van der Waals surface area contributed by atoms with Crippen molar-refractivity contribution in [1.82, 2.24) is 15.1 Å². The first kappa shape index (κ1) is 29.8. The Morgan fingerprint density at radius 2 is 1.86 bits per heavy atom. The van der Waals surface area contributed by atoms with Gasteiger partial charge in [-0.05, 0) is 62.1 Å². The number of benzene rings is 1. The van der Waals surface area contributed by atoms with E-state index < -0.39 is 53.4 Å². The molecule has 2 N–H and O–H groups in total. The quantitative estimate of drug-likeness (QED) is 0.436. The maximum Gasteiger partial charge on any atom is 0.398 e. The second-order valence-corrected chi connectivity index (χ2v) is 12.3. The van der Waals surface area contributed by atoms with Crippen molar-refractivity contribution in [3.63, 3.8) is 0 Å². The first-order valence-corrected chi connectivity index (χ1v) is 14.7. The minimum absolute atomic E-state index is 0.0488. The molecule has 1 aromatic carbocycles. The third kappa shape index (κ3) is 5.26. The van der Waals surface area contributed by atoms with Gasteiger partial charge in [0.05, 0.1) is 52.6 Å². The zero-order valence-corrected chi connectivity index (χ0v) is 23.8. The van der Waals surface area contributed by atoms with Crippen molar-refractivity contribution >= 4 is 35.0 Å². The minimum atomic E-state index is -4.59. The van der Waals surface area contributed by atoms with Gasteiger partial charge in [0.15, 0.2) is 0 Å². The molecule has 0 bridgehead atoms. The van der Waals surface area contributed by atoms with Crippen LogP contribution in [0.3, 0.4) is 0 Å². The van der Waals surface area contributed by atoms with Crippen molar-refractivity contribution in [3.8, 4) is 0 Å². The predicted octanol–water partition coefficient (Wildman–Crippen LogP) is 5.05. The molecular weight excluding hydrogens is 594 g/mol. The number of hydrogen-bond acceptors (Lipinski definition) is 5. The molecule has 3 aliphatic carbocycles. The first-order chi connectivity index (χ1) is 20.4. The van der Waals surface area contributed by atoms with E-state index in [1.807, 2.05) is 0 Å². The normalized spacial score (nSPS) is 26.4. The molecule has 1 aliphatic heterocycles. The number of nitrogens with one attached hydrogen (secondary N) is 1. The molecule has 8 nitrogen and oxygen atoms in total. The Kier molecular flexibility index (Phi) is 7.65. The smallest absolute Gasteiger partial charge is 0.398 e. The van der Waals surface area contributed by atoms with Crippen molar-refractivity contribution < 1.29 is 41.8 Å². The van der Waals surface area contributed by atoms with E-state index in [2.05, 4.69) is 10.4 Å². The molecular formula is C30H30ClF4N3O5. The third-order valence-electron chi connectivity index (χ3n) is 9.27. The predicted molar refractivity (Wildman–Crippen MR) is 146 cm³/mol. The van der Waals surface area contributed by atoms with Crippen LogP contribution in [-0.4, -0.2) is 64.3 Å². The summed E-state index contributed by atoms with van der Waals surface area (Å²) < 4.78 is 62.9. The first-order valence-electron chi connectivity index (χ1n) is 14.4. The van der Waals surface area contributed by atoms with Gasteiger partial charge in [-0.2, -0.15) is 23.0 Å². The fourth-order valence-electron chi connectivity index (χ4n) is 6.57. The Labute approximate surface area is 249 Å². The average molecular weight is 624 g/mol. The van der Waals surface area contributed by atoms with Crippen molar-refractivity contribution in [2.75, 3.05) is 13.2 Å². The maximum atomic E-state index is 14.2. The molecule has 1 amide bonds. The van der Waals surface area contributed by atoms with Crippen LogP contribution in [0.2, 0.25) is 5.02 Å². The third-order valence-corrected chi connectivity index (χ3v) is 9.59. The lowest BCUT2D eigenvalue weighted by atomic mass is 9.82. The summed E-state index contributed by atoms with van der Waals surface area (Å²) in [4.78, 5) is 38.8. The van der Waals surface area contributed by atoms with Crippen LogP contribution in [0.1, 0.15) is 71.4 Å². The molecule has 2 heterocycles. The summed E-state index contributed by atoms with van der Waals surface area (Å²) in [5, 5.41) is 16.6. The lowest BCUT2D eigenvalue weighted by molar-refractivity contribution is -0.160. The van der Waals surface area contributed by atoms with Gasteiger partial charge in [-0.3, -0.25) is 14.4 Å². The molecule has 0 spiro atoms. The number of rotatable bonds is 6. The van der Waals surface area contributed by atoms with Crippen LogP contribution in [0.15, 0.2) is 24.3 Å². The van der Waals surface area contributed by atoms with Crippen LogP contribution in [0, 0.1) is 11.8 Å². The minimum Gasteiger partial charge on any atom is -0.481 e. The molecule has 43 heavy (non-hydrogen) atoms. The topological polar surface area (TPSA) is 111 Å². The van der Waals surface area contributed by atoms with Crippen molar-refractivity contribution in [1.29, 1.82) is 0 Å². The standard InChI is InChI=1S/C30H30ClF4N3O5/c31-20-3-1-2-19(29(10-11-29)30(33,34)35)24(20)27(40)38-23-12-17(26(39)36-22-14-43-13-21(22)32)8-9-18(23)25(37-38)15-4-6-16(7-5-15)28(41)42/h1-4,16-17,21-22H,5-14H2,(H,36,39)(H,41,42)/t16?,17?,21-,22+/m0/s1. The Morgan fingerprint density at radius 1 is 1.12 bits per heavy atom. The molecule has 230 valence electrons. The van der Waals surface area contributed by atoms with E-state index in [1.165, 1.54) is 18.2 Å². The number of aliphatic carboxylic acids is 1. The van der Waals surface area contributed by atoms with Gasteiger partial charge in [0, 0.05) is 17.9 Å². The number of allylic oxidation sites excluding steroid dienone is 2. The maximum absolute atomic E-state index is 14.2. The van der Waals surface area contributed by atoms with Crippen LogP contribution < -0.4 is 5.32 Å². The highest BCUT2D eigenvalue weighted by Crippen LogP contribution is 2.60. The fourth-order valence-corrected chi connectivity index (χ4v) is 6.83. The molecule has 2 unspecified atom stereocenters. The molecule has 2 aromatic rings. The van der Waals surface area contributed by atoms with E-state index >= 15 is 0 Å². The van der Waals surface area contributed by atoms with E-state index in [9.17, 15) is 37.1 Å². The summed E-state index contributed by atoms with van der Waals surface area (Å²) in [6.45, 7) is -0.0605. The van der Waals surface area contributed by atoms with Crippen molar-refractivity contribution in [2.24, 2.45) is 11.8 Å². The van der Waals surface area contributed by atoms with E-state index in [-0.39, 0.29) is 55.0 Å². The Bertz CT molecular complexity index is 1520. The molecule has 1 saturated heterocycles. The lowest BCUT2D eigenvalue weighted by Gasteiger charge is -2.26. The number of aromatic nitrogens is 2. The van der Waals surface area contributed by atoms with Gasteiger partial charge in [0.2, 0.25) is 5.91 Å². The molecule has 13 heteroatoms. The number of nitrogens with zero attached hydrogens (tertiary/aromatic N) is 2. The molecule has 6 rings (SSSR count). The average Bonchev–Trinajstić information content (AvgIpc) is 3.59. The highest BCUT2D eigenvalue weighted by Gasteiger charge is 2.65. The SMILES string of the molecule is O=C(O)C1CC=C(c2nn(C(=O)c3c(Cl)cccc3C3(C(F)(F)F)CC3)c3c2CCC(C(=O)N[C@@H]2COC[C@@H]2F)C3)CC1. The van der Waals surface area contributed by atoms with Gasteiger partial charge in [-0.15, -0.1) is 0 Å². The second kappa shape index (κ2) is 11.0. The summed E-state index contributed by atoms with van der Waals surface area (Å²) >= 11 is 6.42. The van der Waals surface area contributed by atoms with E-state index in [1.54, 1.807) is 6.08 Å². The van der Waals surface area contributed by atoms with E-state index in [4.69, 9.17) is 16.3 Å². The molecule has 4 atom stereocenters. The summed E-state index contributed by atoms with van der Waals surface area (Å²) in [6.07, 6.45) is -2.64. The number of ether oxygens (including phenoxy) is 1. The van der Waals surface area contributed by atoms with Gasteiger partial charge < -0.3 is 15.2 Å². The second-order valence-electron chi connectivity index (χ2n) is 11.9. The van der Waals surface area contributed by atoms with Gasteiger partial charge in [-0.25, -0.2) is 4.39 Å². The van der Waals surface area contributed by atoms with E-state index in [0.29, 0.717) is 42.6 Å². The lowest BCUT2D eigenvalue weighted by Crippen LogP contribution is -2.45. The number of hydrogen-bond donors (Lipinski definition) is 2. The van der Waals surface area contributed by atoms with Crippen LogP contribution >= 0.6 is 11.6 Å². The van der Waals surface area contributed by atoms with Gasteiger partial charge in [-0.1, -0.05) is 29.8 Å². The number of carboxylic acids is 1. The largest absolute Gasteiger partial charge is 0.481 e. The molecule has 2 fully saturated rings.